The molecule has 0 unspecified atom stereocenters. The van der Waals surface area contributed by atoms with E-state index in [1.54, 1.807) is 19.1 Å². The van der Waals surface area contributed by atoms with Gasteiger partial charge in [0.05, 0.1) is 12.2 Å². The smallest absolute Gasteiger partial charge is 0.416 e. The molecule has 106 valence electrons. The van der Waals surface area contributed by atoms with Crippen molar-refractivity contribution >= 4 is 17.3 Å². The van der Waals surface area contributed by atoms with Crippen molar-refractivity contribution in [3.63, 3.8) is 0 Å². The maximum absolute atomic E-state index is 12.5. The molecule has 20 heavy (non-hydrogen) atoms. The first-order valence-electron chi connectivity index (χ1n) is 5.86. The van der Waals surface area contributed by atoms with Crippen molar-refractivity contribution in [1.82, 2.24) is 0 Å². The molecule has 0 saturated heterocycles. The normalized spacial score (nSPS) is 11.4. The molecule has 0 bridgehead atoms. The van der Waals surface area contributed by atoms with Crippen LogP contribution >= 0.6 is 11.3 Å². The zero-order chi connectivity index (χ0) is 14.8. The van der Waals surface area contributed by atoms with E-state index >= 15 is 0 Å². The molecule has 1 heterocycles. The molecule has 6 heteroatoms. The molecule has 0 saturated carbocycles. The molecular formula is C14H11F3O2S. The van der Waals surface area contributed by atoms with Crippen LogP contribution in [0.15, 0.2) is 36.4 Å². The van der Waals surface area contributed by atoms with E-state index in [9.17, 15) is 18.0 Å². The number of benzene rings is 1. The number of alkyl halides is 3. The van der Waals surface area contributed by atoms with Gasteiger partial charge in [0, 0.05) is 4.88 Å². The Morgan fingerprint density at radius 2 is 1.80 bits per heavy atom. The second kappa shape index (κ2) is 5.66. The highest BCUT2D eigenvalue weighted by Gasteiger charge is 2.30. The second-order valence-electron chi connectivity index (χ2n) is 3.96. The van der Waals surface area contributed by atoms with E-state index in [-0.39, 0.29) is 6.61 Å². The highest BCUT2D eigenvalue weighted by atomic mass is 32.1. The topological polar surface area (TPSA) is 26.3 Å². The maximum Gasteiger partial charge on any atom is 0.416 e. The molecule has 0 atom stereocenters. The van der Waals surface area contributed by atoms with Crippen LogP contribution in [0.5, 0.6) is 0 Å². The lowest BCUT2D eigenvalue weighted by atomic mass is 10.1. The molecule has 0 amide bonds. The Balaban J connectivity index is 2.22. The molecule has 0 aliphatic carbocycles. The van der Waals surface area contributed by atoms with Crippen molar-refractivity contribution in [2.45, 2.75) is 13.1 Å². The number of halogens is 3. The summed E-state index contributed by atoms with van der Waals surface area (Å²) in [6.45, 7) is 1.99. The molecule has 0 N–H and O–H groups in total. The largest absolute Gasteiger partial charge is 0.462 e. The van der Waals surface area contributed by atoms with E-state index < -0.39 is 17.7 Å². The third-order valence-electron chi connectivity index (χ3n) is 2.58. The summed E-state index contributed by atoms with van der Waals surface area (Å²) in [5.41, 5.74) is -0.0537. The van der Waals surface area contributed by atoms with Crippen molar-refractivity contribution < 1.29 is 22.7 Å². The summed E-state index contributed by atoms with van der Waals surface area (Å²) in [6.07, 6.45) is -4.34. The van der Waals surface area contributed by atoms with Gasteiger partial charge in [0.15, 0.2) is 0 Å². The van der Waals surface area contributed by atoms with Gasteiger partial charge < -0.3 is 4.74 Å². The molecule has 0 fully saturated rings. The standard InChI is InChI=1S/C14H11F3O2S/c1-2-19-13(18)12-8-7-11(20-12)9-3-5-10(6-4-9)14(15,16)17/h3-8H,2H2,1H3. The van der Waals surface area contributed by atoms with Crippen molar-refractivity contribution in [3.05, 3.63) is 46.8 Å². The molecular weight excluding hydrogens is 289 g/mol. The van der Waals surface area contributed by atoms with Crippen molar-refractivity contribution in [2.75, 3.05) is 6.61 Å². The van der Waals surface area contributed by atoms with Crippen LogP contribution in [0, 0.1) is 0 Å². The summed E-state index contributed by atoms with van der Waals surface area (Å²) in [4.78, 5) is 12.7. The number of carbonyl (C=O) groups is 1. The molecule has 1 aromatic carbocycles. The molecule has 2 aromatic rings. The Morgan fingerprint density at radius 3 is 2.35 bits per heavy atom. The fraction of sp³-hybridized carbons (Fsp3) is 0.214. The van der Waals surface area contributed by atoms with Crippen molar-refractivity contribution in [1.29, 1.82) is 0 Å². The minimum atomic E-state index is -4.34. The lowest BCUT2D eigenvalue weighted by Gasteiger charge is -2.06. The minimum absolute atomic E-state index is 0.284. The summed E-state index contributed by atoms with van der Waals surface area (Å²) in [5.74, 6) is -0.421. The van der Waals surface area contributed by atoms with Gasteiger partial charge in [-0.3, -0.25) is 0 Å². The first-order chi connectivity index (χ1) is 9.41. The van der Waals surface area contributed by atoms with E-state index in [4.69, 9.17) is 4.74 Å². The number of carbonyl (C=O) groups excluding carboxylic acids is 1. The van der Waals surface area contributed by atoms with Gasteiger partial charge in [0.25, 0.3) is 0 Å². The zero-order valence-corrected chi connectivity index (χ0v) is 11.3. The summed E-state index contributed by atoms with van der Waals surface area (Å²) >= 11 is 1.19. The predicted molar refractivity (Wildman–Crippen MR) is 70.7 cm³/mol. The number of rotatable bonds is 3. The van der Waals surface area contributed by atoms with E-state index in [0.717, 1.165) is 17.0 Å². The number of hydrogen-bond donors (Lipinski definition) is 0. The lowest BCUT2D eigenvalue weighted by Crippen LogP contribution is -2.03. The maximum atomic E-state index is 12.5. The molecule has 1 aromatic heterocycles. The fourth-order valence-electron chi connectivity index (χ4n) is 1.63. The van der Waals surface area contributed by atoms with Gasteiger partial charge in [0.2, 0.25) is 0 Å². The van der Waals surface area contributed by atoms with Gasteiger partial charge >= 0.3 is 12.1 Å². The van der Waals surface area contributed by atoms with Crippen LogP contribution in [-0.2, 0) is 10.9 Å². The summed E-state index contributed by atoms with van der Waals surface area (Å²) in [6, 6.07) is 8.14. The molecule has 2 nitrogen and oxygen atoms in total. The first-order valence-corrected chi connectivity index (χ1v) is 6.68. The summed E-state index contributed by atoms with van der Waals surface area (Å²) in [5, 5.41) is 0. The van der Waals surface area contributed by atoms with Crippen molar-refractivity contribution in [3.8, 4) is 10.4 Å². The summed E-state index contributed by atoms with van der Waals surface area (Å²) < 4.78 is 42.2. The molecule has 0 aliphatic heterocycles. The van der Waals surface area contributed by atoms with Gasteiger partial charge in [-0.05, 0) is 36.8 Å². The third-order valence-corrected chi connectivity index (χ3v) is 3.69. The van der Waals surface area contributed by atoms with Gasteiger partial charge in [-0.15, -0.1) is 11.3 Å². The van der Waals surface area contributed by atoms with E-state index in [1.165, 1.54) is 23.5 Å². The Kier molecular flexibility index (Phi) is 4.13. The second-order valence-corrected chi connectivity index (χ2v) is 5.04. The van der Waals surface area contributed by atoms with Gasteiger partial charge in [-0.25, -0.2) is 4.79 Å². The Morgan fingerprint density at radius 1 is 1.15 bits per heavy atom. The van der Waals surface area contributed by atoms with Crippen LogP contribution in [0.2, 0.25) is 0 Å². The SMILES string of the molecule is CCOC(=O)c1ccc(-c2ccc(C(F)(F)F)cc2)s1. The molecule has 0 spiro atoms. The van der Waals surface area contributed by atoms with Gasteiger partial charge in [0.1, 0.15) is 4.88 Å². The average Bonchev–Trinajstić information content (AvgIpc) is 2.88. The van der Waals surface area contributed by atoms with E-state index in [0.29, 0.717) is 10.4 Å². The molecule has 2 rings (SSSR count). The highest BCUT2D eigenvalue weighted by molar-refractivity contribution is 7.17. The lowest BCUT2D eigenvalue weighted by molar-refractivity contribution is -0.137. The van der Waals surface area contributed by atoms with Crippen LogP contribution in [-0.4, -0.2) is 12.6 Å². The van der Waals surface area contributed by atoms with E-state index in [2.05, 4.69) is 0 Å². The minimum Gasteiger partial charge on any atom is -0.462 e. The van der Waals surface area contributed by atoms with Crippen LogP contribution in [0.25, 0.3) is 10.4 Å². The quantitative estimate of drug-likeness (QED) is 0.774. The molecule has 0 aliphatic rings. The van der Waals surface area contributed by atoms with Gasteiger partial charge in [-0.1, -0.05) is 12.1 Å². The van der Waals surface area contributed by atoms with Crippen LogP contribution in [0.1, 0.15) is 22.2 Å². The van der Waals surface area contributed by atoms with Crippen LogP contribution < -0.4 is 0 Å². The zero-order valence-electron chi connectivity index (χ0n) is 10.5. The van der Waals surface area contributed by atoms with Gasteiger partial charge in [-0.2, -0.15) is 13.2 Å². The predicted octanol–water partition coefficient (Wildman–Crippen LogP) is 4.61. The third kappa shape index (κ3) is 3.19. The molecule has 0 radical (unpaired) electrons. The Labute approximate surface area is 117 Å². The van der Waals surface area contributed by atoms with E-state index in [1.807, 2.05) is 0 Å². The highest BCUT2D eigenvalue weighted by Crippen LogP contribution is 2.33. The Hall–Kier alpha value is -1.82. The number of hydrogen-bond acceptors (Lipinski definition) is 3. The number of esters is 1. The number of thiophene rings is 1. The monoisotopic (exact) mass is 300 g/mol. The van der Waals surface area contributed by atoms with Crippen LogP contribution in [0.4, 0.5) is 13.2 Å². The Bertz CT molecular complexity index is 600. The number of ether oxygens (including phenoxy) is 1. The fourth-order valence-corrected chi connectivity index (χ4v) is 2.53. The van der Waals surface area contributed by atoms with Crippen molar-refractivity contribution in [2.24, 2.45) is 0 Å². The first kappa shape index (κ1) is 14.6. The summed E-state index contributed by atoms with van der Waals surface area (Å²) in [7, 11) is 0. The van der Waals surface area contributed by atoms with Crippen LogP contribution in [0.3, 0.4) is 0 Å². The average molecular weight is 300 g/mol.